The predicted molar refractivity (Wildman–Crippen MR) is 72.9 cm³/mol. The average molecular weight is 280 g/mol. The fourth-order valence-corrected chi connectivity index (χ4v) is 3.94. The smallest absolute Gasteiger partial charge is 0.355 e. The number of hydrogen-bond acceptors (Lipinski definition) is 5. The van der Waals surface area contributed by atoms with Crippen molar-refractivity contribution in [3.8, 4) is 0 Å². The van der Waals surface area contributed by atoms with Crippen molar-refractivity contribution in [2.24, 2.45) is 0 Å². The van der Waals surface area contributed by atoms with Crippen LogP contribution in [0.2, 0.25) is 0 Å². The number of fused-ring (bicyclic) bond motifs is 1. The number of aromatic carboxylic acids is 1. The summed E-state index contributed by atoms with van der Waals surface area (Å²) in [5, 5.41) is 12.0. The molecule has 0 saturated heterocycles. The van der Waals surface area contributed by atoms with Crippen LogP contribution in [0.3, 0.4) is 0 Å². The van der Waals surface area contributed by atoms with E-state index in [9.17, 15) is 4.79 Å². The highest BCUT2D eigenvalue weighted by Gasteiger charge is 2.22. The molecule has 0 unspecified atom stereocenters. The standard InChI is InChI=1S/C12H12N2O2S2/c1-7-10(11(15)16)13-12(18-7)14-4-2-9-8(6-14)3-5-17-9/h3,5H,2,4,6H2,1H3,(H,15,16). The summed E-state index contributed by atoms with van der Waals surface area (Å²) >= 11 is 3.26. The van der Waals surface area contributed by atoms with Gasteiger partial charge in [0.2, 0.25) is 0 Å². The summed E-state index contributed by atoms with van der Waals surface area (Å²) in [4.78, 5) is 19.6. The zero-order valence-corrected chi connectivity index (χ0v) is 11.5. The van der Waals surface area contributed by atoms with E-state index < -0.39 is 5.97 Å². The third-order valence-corrected chi connectivity index (χ3v) is 5.12. The molecule has 0 saturated carbocycles. The molecule has 18 heavy (non-hydrogen) atoms. The van der Waals surface area contributed by atoms with E-state index >= 15 is 0 Å². The Morgan fingerprint density at radius 1 is 1.56 bits per heavy atom. The lowest BCUT2D eigenvalue weighted by atomic mass is 10.1. The van der Waals surface area contributed by atoms with E-state index in [0.29, 0.717) is 0 Å². The molecule has 0 bridgehead atoms. The molecular weight excluding hydrogens is 268 g/mol. The second-order valence-electron chi connectivity index (χ2n) is 4.25. The number of rotatable bonds is 2. The lowest BCUT2D eigenvalue weighted by Gasteiger charge is -2.26. The van der Waals surface area contributed by atoms with Gasteiger partial charge in [0.1, 0.15) is 0 Å². The molecule has 2 aromatic rings. The van der Waals surface area contributed by atoms with Crippen LogP contribution in [0.25, 0.3) is 0 Å². The zero-order chi connectivity index (χ0) is 12.7. The van der Waals surface area contributed by atoms with Gasteiger partial charge in [-0.15, -0.1) is 22.7 Å². The SMILES string of the molecule is Cc1sc(N2CCc3sccc3C2)nc1C(=O)O. The highest BCUT2D eigenvalue weighted by molar-refractivity contribution is 7.15. The van der Waals surface area contributed by atoms with Gasteiger partial charge in [-0.1, -0.05) is 0 Å². The van der Waals surface area contributed by atoms with Crippen molar-refractivity contribution >= 4 is 33.8 Å². The van der Waals surface area contributed by atoms with Crippen LogP contribution >= 0.6 is 22.7 Å². The molecule has 3 rings (SSSR count). The van der Waals surface area contributed by atoms with Crippen LogP contribution in [-0.2, 0) is 13.0 Å². The Balaban J connectivity index is 1.89. The molecule has 2 aromatic heterocycles. The number of carbonyl (C=O) groups is 1. The fraction of sp³-hybridized carbons (Fsp3) is 0.333. The molecule has 0 fully saturated rings. The molecule has 1 aliphatic heterocycles. The number of aryl methyl sites for hydroxylation is 1. The molecule has 6 heteroatoms. The van der Waals surface area contributed by atoms with E-state index in [4.69, 9.17) is 5.11 Å². The Labute approximate surface area is 113 Å². The van der Waals surface area contributed by atoms with Crippen molar-refractivity contribution in [1.29, 1.82) is 0 Å². The van der Waals surface area contributed by atoms with E-state index in [0.717, 1.165) is 29.5 Å². The number of carboxylic acid groups (broad SMARTS) is 1. The highest BCUT2D eigenvalue weighted by atomic mass is 32.1. The summed E-state index contributed by atoms with van der Waals surface area (Å²) in [5.41, 5.74) is 1.53. The van der Waals surface area contributed by atoms with Crippen LogP contribution in [0.5, 0.6) is 0 Å². The minimum atomic E-state index is -0.941. The van der Waals surface area contributed by atoms with Crippen molar-refractivity contribution in [2.75, 3.05) is 11.4 Å². The van der Waals surface area contributed by atoms with Gasteiger partial charge < -0.3 is 10.0 Å². The largest absolute Gasteiger partial charge is 0.476 e. The van der Waals surface area contributed by atoms with Gasteiger partial charge in [0.25, 0.3) is 0 Å². The normalized spacial score (nSPS) is 14.6. The number of thiophene rings is 1. The van der Waals surface area contributed by atoms with Crippen molar-refractivity contribution in [3.05, 3.63) is 32.5 Å². The molecule has 0 aliphatic carbocycles. The first-order valence-electron chi connectivity index (χ1n) is 5.66. The number of hydrogen-bond donors (Lipinski definition) is 1. The Hall–Kier alpha value is -1.40. The number of aromatic nitrogens is 1. The van der Waals surface area contributed by atoms with E-state index in [1.165, 1.54) is 21.8 Å². The van der Waals surface area contributed by atoms with Crippen LogP contribution in [0.4, 0.5) is 5.13 Å². The Morgan fingerprint density at radius 2 is 2.39 bits per heavy atom. The molecule has 0 atom stereocenters. The molecule has 0 spiro atoms. The summed E-state index contributed by atoms with van der Waals surface area (Å²) in [5.74, 6) is -0.941. The van der Waals surface area contributed by atoms with Crippen LogP contribution < -0.4 is 4.90 Å². The summed E-state index contributed by atoms with van der Waals surface area (Å²) in [7, 11) is 0. The minimum Gasteiger partial charge on any atom is -0.476 e. The van der Waals surface area contributed by atoms with Gasteiger partial charge in [-0.05, 0) is 30.4 Å². The van der Waals surface area contributed by atoms with Gasteiger partial charge in [-0.2, -0.15) is 0 Å². The second kappa shape index (κ2) is 4.37. The molecular formula is C12H12N2O2S2. The minimum absolute atomic E-state index is 0.186. The van der Waals surface area contributed by atoms with Gasteiger partial charge in [0, 0.05) is 22.8 Å². The van der Waals surface area contributed by atoms with E-state index in [2.05, 4.69) is 21.3 Å². The van der Waals surface area contributed by atoms with E-state index in [1.807, 2.05) is 6.92 Å². The maximum atomic E-state index is 11.0. The maximum absolute atomic E-state index is 11.0. The molecule has 3 heterocycles. The van der Waals surface area contributed by atoms with Crippen molar-refractivity contribution in [3.63, 3.8) is 0 Å². The molecule has 0 aromatic carbocycles. The van der Waals surface area contributed by atoms with E-state index in [1.54, 1.807) is 11.3 Å². The first kappa shape index (κ1) is 11.7. The quantitative estimate of drug-likeness (QED) is 0.919. The molecule has 1 N–H and O–H groups in total. The number of anilines is 1. The molecule has 0 radical (unpaired) electrons. The van der Waals surface area contributed by atoms with Crippen LogP contribution in [0, 0.1) is 6.92 Å². The fourth-order valence-electron chi connectivity index (χ4n) is 2.13. The topological polar surface area (TPSA) is 53.4 Å². The number of thiazole rings is 1. The van der Waals surface area contributed by atoms with Crippen molar-refractivity contribution < 1.29 is 9.90 Å². The van der Waals surface area contributed by atoms with Crippen LogP contribution in [0.15, 0.2) is 11.4 Å². The maximum Gasteiger partial charge on any atom is 0.355 e. The van der Waals surface area contributed by atoms with Gasteiger partial charge in [0.05, 0.1) is 0 Å². The first-order valence-corrected chi connectivity index (χ1v) is 7.35. The molecule has 4 nitrogen and oxygen atoms in total. The lowest BCUT2D eigenvalue weighted by Crippen LogP contribution is -2.29. The zero-order valence-electron chi connectivity index (χ0n) is 9.84. The van der Waals surface area contributed by atoms with Crippen LogP contribution in [-0.4, -0.2) is 22.6 Å². The third kappa shape index (κ3) is 1.91. The predicted octanol–water partition coefficient (Wildman–Crippen LogP) is 2.77. The summed E-state index contributed by atoms with van der Waals surface area (Å²) in [6.45, 7) is 3.56. The third-order valence-electron chi connectivity index (χ3n) is 3.07. The lowest BCUT2D eigenvalue weighted by molar-refractivity contribution is 0.0690. The number of nitrogens with zero attached hydrogens (tertiary/aromatic N) is 2. The van der Waals surface area contributed by atoms with Gasteiger partial charge in [-0.3, -0.25) is 0 Å². The summed E-state index contributed by atoms with van der Waals surface area (Å²) < 4.78 is 0. The van der Waals surface area contributed by atoms with Gasteiger partial charge in [-0.25, -0.2) is 9.78 Å². The Morgan fingerprint density at radius 3 is 3.11 bits per heavy atom. The van der Waals surface area contributed by atoms with Crippen molar-refractivity contribution in [2.45, 2.75) is 19.9 Å². The molecule has 0 amide bonds. The Kier molecular flexibility index (Phi) is 2.83. The molecule has 94 valence electrons. The van der Waals surface area contributed by atoms with E-state index in [-0.39, 0.29) is 5.69 Å². The Bertz CT molecular complexity index is 603. The highest BCUT2D eigenvalue weighted by Crippen LogP contribution is 2.31. The average Bonchev–Trinajstić information content (AvgIpc) is 2.93. The van der Waals surface area contributed by atoms with Gasteiger partial charge in [0.15, 0.2) is 10.8 Å². The second-order valence-corrected chi connectivity index (χ2v) is 6.43. The first-order chi connectivity index (χ1) is 8.65. The molecule has 1 aliphatic rings. The summed E-state index contributed by atoms with van der Waals surface area (Å²) in [6, 6.07) is 2.14. The number of carboxylic acids is 1. The summed E-state index contributed by atoms with van der Waals surface area (Å²) in [6.07, 6.45) is 1.02. The van der Waals surface area contributed by atoms with Crippen LogP contribution in [0.1, 0.15) is 25.8 Å². The van der Waals surface area contributed by atoms with Crippen molar-refractivity contribution in [1.82, 2.24) is 4.98 Å². The monoisotopic (exact) mass is 280 g/mol. The van der Waals surface area contributed by atoms with Gasteiger partial charge >= 0.3 is 5.97 Å².